The summed E-state index contributed by atoms with van der Waals surface area (Å²) in [6.45, 7) is 1.81. The fourth-order valence-corrected chi connectivity index (χ4v) is 1.38. The summed E-state index contributed by atoms with van der Waals surface area (Å²) in [5.74, 6) is 0.252. The van der Waals surface area contributed by atoms with Crippen LogP contribution in [0.2, 0.25) is 0 Å². The van der Waals surface area contributed by atoms with Crippen LogP contribution in [0.1, 0.15) is 12.1 Å². The molecule has 0 aromatic carbocycles. The maximum atomic E-state index is 7.13. The van der Waals surface area contributed by atoms with Gasteiger partial charge in [0.05, 0.1) is 5.84 Å². The maximum Gasteiger partial charge on any atom is 0.0918 e. The average molecular weight is 209 g/mol. The van der Waals surface area contributed by atoms with Crippen LogP contribution in [0, 0.1) is 5.41 Å². The Hall–Kier alpha value is -1.36. The number of likely N-dealkylation sites (N-methyl/N-ethyl adjacent to an activating group) is 1. The van der Waals surface area contributed by atoms with Crippen molar-refractivity contribution in [2.24, 2.45) is 12.8 Å². The van der Waals surface area contributed by atoms with Gasteiger partial charge in [0.1, 0.15) is 0 Å². The molecule has 0 unspecified atom stereocenters. The van der Waals surface area contributed by atoms with Crippen molar-refractivity contribution in [1.82, 2.24) is 14.7 Å². The Bertz CT molecular complexity index is 317. The Kier molecular flexibility index (Phi) is 4.30. The van der Waals surface area contributed by atoms with E-state index in [0.29, 0.717) is 6.42 Å². The van der Waals surface area contributed by atoms with Gasteiger partial charge in [-0.2, -0.15) is 5.10 Å². The van der Waals surface area contributed by atoms with Crippen LogP contribution in [0.3, 0.4) is 0 Å². The second kappa shape index (κ2) is 5.50. The van der Waals surface area contributed by atoms with Crippen LogP contribution < -0.4 is 5.73 Å². The Balaban J connectivity index is 2.25. The van der Waals surface area contributed by atoms with Crippen molar-refractivity contribution in [3.8, 4) is 0 Å². The monoisotopic (exact) mass is 209 g/mol. The molecule has 1 aromatic heterocycles. The molecule has 0 radical (unpaired) electrons. The standard InChI is InChI=1S/C10H19N5/c1-14(8-5-10(11)12)7-4-9-3-6-13-15(9)2/h3,6H,4-5,7-8H2,1-2H3,(H3,11,12). The number of nitrogens with two attached hydrogens (primary N) is 1. The molecule has 3 N–H and O–H groups in total. The van der Waals surface area contributed by atoms with Crippen LogP contribution in [0.15, 0.2) is 12.3 Å². The van der Waals surface area contributed by atoms with E-state index in [1.54, 1.807) is 0 Å². The van der Waals surface area contributed by atoms with Crippen molar-refractivity contribution >= 4 is 5.84 Å². The lowest BCUT2D eigenvalue weighted by Crippen LogP contribution is -2.26. The average Bonchev–Trinajstić information content (AvgIpc) is 2.58. The minimum atomic E-state index is 0.252. The largest absolute Gasteiger partial charge is 0.388 e. The number of hydrogen-bond donors (Lipinski definition) is 2. The smallest absolute Gasteiger partial charge is 0.0918 e. The first-order valence-corrected chi connectivity index (χ1v) is 5.08. The van der Waals surface area contributed by atoms with Gasteiger partial charge in [-0.3, -0.25) is 10.1 Å². The van der Waals surface area contributed by atoms with E-state index in [2.05, 4.69) is 10.00 Å². The lowest BCUT2D eigenvalue weighted by molar-refractivity contribution is 0.345. The van der Waals surface area contributed by atoms with Crippen molar-refractivity contribution in [3.05, 3.63) is 18.0 Å². The van der Waals surface area contributed by atoms with Gasteiger partial charge in [-0.25, -0.2) is 0 Å². The first-order valence-electron chi connectivity index (χ1n) is 5.08. The first-order chi connectivity index (χ1) is 7.09. The normalized spacial score (nSPS) is 10.9. The molecule has 0 atom stereocenters. The van der Waals surface area contributed by atoms with E-state index < -0.39 is 0 Å². The molecule has 1 aromatic rings. The van der Waals surface area contributed by atoms with E-state index in [1.807, 2.05) is 31.0 Å². The summed E-state index contributed by atoms with van der Waals surface area (Å²) in [7, 11) is 3.99. The van der Waals surface area contributed by atoms with Crippen LogP contribution in [0.5, 0.6) is 0 Å². The van der Waals surface area contributed by atoms with Gasteiger partial charge in [0.25, 0.3) is 0 Å². The molecule has 0 aliphatic rings. The number of hydrogen-bond acceptors (Lipinski definition) is 3. The highest BCUT2D eigenvalue weighted by Gasteiger charge is 2.02. The number of aryl methyl sites for hydroxylation is 1. The van der Waals surface area contributed by atoms with Crippen LogP contribution in [-0.4, -0.2) is 40.7 Å². The Morgan fingerprint density at radius 1 is 1.60 bits per heavy atom. The van der Waals surface area contributed by atoms with Gasteiger partial charge >= 0.3 is 0 Å². The van der Waals surface area contributed by atoms with Crippen LogP contribution in [0.4, 0.5) is 0 Å². The number of amidine groups is 1. The lowest BCUT2D eigenvalue weighted by atomic mass is 10.3. The van der Waals surface area contributed by atoms with Crippen LogP contribution >= 0.6 is 0 Å². The topological polar surface area (TPSA) is 70.9 Å². The molecule has 1 heterocycles. The summed E-state index contributed by atoms with van der Waals surface area (Å²) in [4.78, 5) is 2.17. The molecule has 0 amide bonds. The molecule has 15 heavy (non-hydrogen) atoms. The minimum absolute atomic E-state index is 0.252. The molecule has 0 aliphatic carbocycles. The van der Waals surface area contributed by atoms with Gasteiger partial charge in [0, 0.05) is 44.9 Å². The zero-order valence-corrected chi connectivity index (χ0v) is 9.40. The van der Waals surface area contributed by atoms with E-state index in [1.165, 1.54) is 5.69 Å². The Morgan fingerprint density at radius 3 is 2.87 bits per heavy atom. The summed E-state index contributed by atoms with van der Waals surface area (Å²) in [5, 5.41) is 11.2. The predicted octanol–water partition coefficient (Wildman–Crippen LogP) is 0.220. The third-order valence-corrected chi connectivity index (χ3v) is 2.43. The van der Waals surface area contributed by atoms with Crippen molar-refractivity contribution in [1.29, 1.82) is 5.41 Å². The molecule has 1 rings (SSSR count). The van der Waals surface area contributed by atoms with Crippen LogP contribution in [-0.2, 0) is 13.5 Å². The maximum absolute atomic E-state index is 7.13. The van der Waals surface area contributed by atoms with Gasteiger partial charge in [-0.05, 0) is 13.1 Å². The van der Waals surface area contributed by atoms with E-state index >= 15 is 0 Å². The third-order valence-electron chi connectivity index (χ3n) is 2.43. The number of nitrogens with zero attached hydrogens (tertiary/aromatic N) is 3. The summed E-state index contributed by atoms with van der Waals surface area (Å²) in [6, 6.07) is 2.03. The predicted molar refractivity (Wildman–Crippen MR) is 60.9 cm³/mol. The molecule has 0 aliphatic heterocycles. The number of aromatic nitrogens is 2. The summed E-state index contributed by atoms with van der Waals surface area (Å²) in [6.07, 6.45) is 3.43. The molecule has 0 spiro atoms. The van der Waals surface area contributed by atoms with Gasteiger partial charge < -0.3 is 10.6 Å². The van der Waals surface area contributed by atoms with E-state index in [0.717, 1.165) is 19.5 Å². The molecule has 5 heteroatoms. The zero-order chi connectivity index (χ0) is 11.3. The highest BCUT2D eigenvalue weighted by atomic mass is 15.3. The Morgan fingerprint density at radius 2 is 2.33 bits per heavy atom. The summed E-state index contributed by atoms with van der Waals surface area (Å²) >= 11 is 0. The molecule has 0 bridgehead atoms. The highest BCUT2D eigenvalue weighted by molar-refractivity contribution is 5.76. The van der Waals surface area contributed by atoms with Crippen molar-refractivity contribution < 1.29 is 0 Å². The minimum Gasteiger partial charge on any atom is -0.388 e. The number of nitrogens with one attached hydrogen (secondary N) is 1. The van der Waals surface area contributed by atoms with Gasteiger partial charge in [-0.15, -0.1) is 0 Å². The van der Waals surface area contributed by atoms with E-state index in [9.17, 15) is 0 Å². The number of rotatable bonds is 6. The van der Waals surface area contributed by atoms with E-state index in [-0.39, 0.29) is 5.84 Å². The molecule has 0 fully saturated rings. The molecule has 84 valence electrons. The summed E-state index contributed by atoms with van der Waals surface area (Å²) < 4.78 is 1.89. The second-order valence-corrected chi connectivity index (χ2v) is 3.77. The van der Waals surface area contributed by atoms with Crippen LogP contribution in [0.25, 0.3) is 0 Å². The third kappa shape index (κ3) is 4.12. The first kappa shape index (κ1) is 11.7. The highest BCUT2D eigenvalue weighted by Crippen LogP contribution is 1.99. The molecule has 5 nitrogen and oxygen atoms in total. The van der Waals surface area contributed by atoms with E-state index in [4.69, 9.17) is 11.1 Å². The molecule has 0 saturated heterocycles. The lowest BCUT2D eigenvalue weighted by Gasteiger charge is -2.15. The van der Waals surface area contributed by atoms with Gasteiger partial charge in [0.15, 0.2) is 0 Å². The van der Waals surface area contributed by atoms with Crippen molar-refractivity contribution in [2.45, 2.75) is 12.8 Å². The Labute approximate surface area is 90.4 Å². The fraction of sp³-hybridized carbons (Fsp3) is 0.600. The zero-order valence-electron chi connectivity index (χ0n) is 9.40. The SMILES string of the molecule is CN(CCC(=N)N)CCc1ccnn1C. The molecular formula is C10H19N5. The summed E-state index contributed by atoms with van der Waals surface area (Å²) in [5.41, 5.74) is 6.52. The molecule has 0 saturated carbocycles. The van der Waals surface area contributed by atoms with Gasteiger partial charge in [0.2, 0.25) is 0 Å². The van der Waals surface area contributed by atoms with Gasteiger partial charge in [-0.1, -0.05) is 0 Å². The quantitative estimate of drug-likeness (QED) is 0.520. The fourth-order valence-electron chi connectivity index (χ4n) is 1.38. The van der Waals surface area contributed by atoms with Crippen molar-refractivity contribution in [3.63, 3.8) is 0 Å². The second-order valence-electron chi connectivity index (χ2n) is 3.77. The van der Waals surface area contributed by atoms with Crippen molar-refractivity contribution in [2.75, 3.05) is 20.1 Å². The molecular weight excluding hydrogens is 190 g/mol.